The lowest BCUT2D eigenvalue weighted by atomic mass is 9.99. The van der Waals surface area contributed by atoms with Gasteiger partial charge in [0, 0.05) is 21.6 Å². The standard InChI is InChI=1S/C16H19BrN2O3/c1-3-10(2)15(16(21)22)18-14(20)9-19-8-7-11-12(17)5-4-6-13(11)19/h4-8,10,15H,3,9H2,1-2H3,(H,18,20)(H,21,22)/t10-,15+/m0/s1. The van der Waals surface area contributed by atoms with Crippen LogP contribution in [0.2, 0.25) is 0 Å². The predicted molar refractivity (Wildman–Crippen MR) is 88.7 cm³/mol. The van der Waals surface area contributed by atoms with Gasteiger partial charge in [-0.3, -0.25) is 4.79 Å². The molecule has 0 bridgehead atoms. The number of benzene rings is 1. The highest BCUT2D eigenvalue weighted by Crippen LogP contribution is 2.24. The summed E-state index contributed by atoms with van der Waals surface area (Å²) in [5.41, 5.74) is 0.930. The van der Waals surface area contributed by atoms with E-state index in [4.69, 9.17) is 0 Å². The number of carbonyl (C=O) groups excluding carboxylic acids is 1. The molecule has 0 aliphatic heterocycles. The van der Waals surface area contributed by atoms with Crippen molar-refractivity contribution in [1.29, 1.82) is 0 Å². The highest BCUT2D eigenvalue weighted by molar-refractivity contribution is 9.10. The Kier molecular flexibility index (Phi) is 5.24. The molecule has 6 heteroatoms. The molecular weight excluding hydrogens is 348 g/mol. The molecule has 1 aromatic carbocycles. The number of hydrogen-bond acceptors (Lipinski definition) is 2. The van der Waals surface area contributed by atoms with Crippen molar-refractivity contribution in [1.82, 2.24) is 9.88 Å². The van der Waals surface area contributed by atoms with Crippen LogP contribution in [-0.4, -0.2) is 27.6 Å². The third-order valence-corrected chi connectivity index (χ3v) is 4.56. The summed E-state index contributed by atoms with van der Waals surface area (Å²) in [4.78, 5) is 23.4. The van der Waals surface area contributed by atoms with Crippen molar-refractivity contribution in [3.8, 4) is 0 Å². The molecule has 0 radical (unpaired) electrons. The van der Waals surface area contributed by atoms with Crippen LogP contribution in [0.25, 0.3) is 10.9 Å². The fourth-order valence-electron chi connectivity index (χ4n) is 2.38. The molecule has 1 heterocycles. The van der Waals surface area contributed by atoms with Crippen LogP contribution in [0.4, 0.5) is 0 Å². The number of carboxylic acid groups (broad SMARTS) is 1. The van der Waals surface area contributed by atoms with E-state index in [1.54, 1.807) is 0 Å². The highest BCUT2D eigenvalue weighted by Gasteiger charge is 2.25. The minimum Gasteiger partial charge on any atom is -0.480 e. The first-order valence-electron chi connectivity index (χ1n) is 7.19. The summed E-state index contributed by atoms with van der Waals surface area (Å²) in [6.07, 6.45) is 2.52. The lowest BCUT2D eigenvalue weighted by Gasteiger charge is -2.20. The summed E-state index contributed by atoms with van der Waals surface area (Å²) in [7, 11) is 0. The molecule has 0 aliphatic rings. The first-order chi connectivity index (χ1) is 10.4. The Bertz CT molecular complexity index is 696. The van der Waals surface area contributed by atoms with Gasteiger partial charge in [0.1, 0.15) is 12.6 Å². The van der Waals surface area contributed by atoms with Crippen molar-refractivity contribution >= 4 is 38.7 Å². The summed E-state index contributed by atoms with van der Waals surface area (Å²) >= 11 is 3.47. The van der Waals surface area contributed by atoms with Gasteiger partial charge in [0.2, 0.25) is 5.91 Å². The number of nitrogens with one attached hydrogen (secondary N) is 1. The van der Waals surface area contributed by atoms with E-state index < -0.39 is 12.0 Å². The van der Waals surface area contributed by atoms with Crippen LogP contribution in [0.15, 0.2) is 34.9 Å². The molecule has 1 aromatic heterocycles. The zero-order chi connectivity index (χ0) is 16.3. The van der Waals surface area contributed by atoms with Crippen molar-refractivity contribution in [2.75, 3.05) is 0 Å². The Hall–Kier alpha value is -1.82. The van der Waals surface area contributed by atoms with Crippen molar-refractivity contribution in [2.24, 2.45) is 5.92 Å². The average Bonchev–Trinajstić information content (AvgIpc) is 2.88. The molecule has 0 fully saturated rings. The van der Waals surface area contributed by atoms with E-state index in [-0.39, 0.29) is 18.4 Å². The second-order valence-corrected chi connectivity index (χ2v) is 6.24. The molecule has 1 amide bonds. The van der Waals surface area contributed by atoms with Crippen molar-refractivity contribution in [3.63, 3.8) is 0 Å². The minimum atomic E-state index is -0.997. The fourth-order valence-corrected chi connectivity index (χ4v) is 2.87. The number of nitrogens with zero attached hydrogens (tertiary/aromatic N) is 1. The molecule has 0 saturated carbocycles. The summed E-state index contributed by atoms with van der Waals surface area (Å²) in [6.45, 7) is 3.82. The van der Waals surface area contributed by atoms with Crippen molar-refractivity contribution in [2.45, 2.75) is 32.9 Å². The molecule has 2 aromatic rings. The zero-order valence-electron chi connectivity index (χ0n) is 12.5. The number of amides is 1. The van der Waals surface area contributed by atoms with E-state index in [1.165, 1.54) is 0 Å². The summed E-state index contributed by atoms with van der Waals surface area (Å²) in [6, 6.07) is 6.84. The zero-order valence-corrected chi connectivity index (χ0v) is 14.1. The maximum absolute atomic E-state index is 12.2. The van der Waals surface area contributed by atoms with Gasteiger partial charge in [0.25, 0.3) is 0 Å². The van der Waals surface area contributed by atoms with Crippen LogP contribution in [-0.2, 0) is 16.1 Å². The second-order valence-electron chi connectivity index (χ2n) is 5.39. The fraction of sp³-hybridized carbons (Fsp3) is 0.375. The Balaban J connectivity index is 2.14. The molecular formula is C16H19BrN2O3. The molecule has 0 saturated heterocycles. The number of aromatic nitrogens is 1. The van der Waals surface area contributed by atoms with Crippen LogP contribution in [0, 0.1) is 5.92 Å². The second kappa shape index (κ2) is 6.96. The third kappa shape index (κ3) is 3.50. The quantitative estimate of drug-likeness (QED) is 0.825. The molecule has 5 nitrogen and oxygen atoms in total. The monoisotopic (exact) mass is 366 g/mol. The predicted octanol–water partition coefficient (Wildman–Crippen LogP) is 3.02. The van der Waals surface area contributed by atoms with Crippen LogP contribution in [0.5, 0.6) is 0 Å². The van der Waals surface area contributed by atoms with Gasteiger partial charge in [0.05, 0.1) is 0 Å². The normalized spacial score (nSPS) is 13.8. The molecule has 2 N–H and O–H groups in total. The summed E-state index contributed by atoms with van der Waals surface area (Å²) in [5, 5.41) is 12.9. The first-order valence-corrected chi connectivity index (χ1v) is 7.98. The third-order valence-electron chi connectivity index (χ3n) is 3.87. The molecule has 0 unspecified atom stereocenters. The smallest absolute Gasteiger partial charge is 0.326 e. The number of aliphatic carboxylic acids is 1. The van der Waals surface area contributed by atoms with Crippen LogP contribution in [0.1, 0.15) is 20.3 Å². The van der Waals surface area contributed by atoms with Gasteiger partial charge in [-0.2, -0.15) is 0 Å². The van der Waals surface area contributed by atoms with E-state index in [0.717, 1.165) is 15.4 Å². The molecule has 0 aliphatic carbocycles. The lowest BCUT2D eigenvalue weighted by Crippen LogP contribution is -2.46. The molecule has 118 valence electrons. The van der Waals surface area contributed by atoms with Gasteiger partial charge >= 0.3 is 5.97 Å². The van der Waals surface area contributed by atoms with Crippen LogP contribution >= 0.6 is 15.9 Å². The maximum Gasteiger partial charge on any atom is 0.326 e. The van der Waals surface area contributed by atoms with Crippen molar-refractivity contribution < 1.29 is 14.7 Å². The van der Waals surface area contributed by atoms with Gasteiger partial charge < -0.3 is 15.0 Å². The number of carboxylic acids is 1. The summed E-state index contributed by atoms with van der Waals surface area (Å²) < 4.78 is 2.78. The van der Waals surface area contributed by atoms with Gasteiger partial charge in [-0.15, -0.1) is 0 Å². The van der Waals surface area contributed by atoms with Gasteiger partial charge in [0.15, 0.2) is 0 Å². The summed E-state index contributed by atoms with van der Waals surface area (Å²) in [5.74, 6) is -1.41. The van der Waals surface area contributed by atoms with Crippen LogP contribution in [0.3, 0.4) is 0 Å². The van der Waals surface area contributed by atoms with Crippen molar-refractivity contribution in [3.05, 3.63) is 34.9 Å². The van der Waals surface area contributed by atoms with Crippen LogP contribution < -0.4 is 5.32 Å². The molecule has 0 spiro atoms. The largest absolute Gasteiger partial charge is 0.480 e. The Labute approximate surface area is 137 Å². The number of halogens is 1. The number of hydrogen-bond donors (Lipinski definition) is 2. The first kappa shape index (κ1) is 16.5. The molecule has 2 atom stereocenters. The number of carbonyl (C=O) groups is 2. The van der Waals surface area contributed by atoms with Gasteiger partial charge in [-0.05, 0) is 24.1 Å². The highest BCUT2D eigenvalue weighted by atomic mass is 79.9. The Morgan fingerprint density at radius 2 is 2.09 bits per heavy atom. The topological polar surface area (TPSA) is 71.3 Å². The number of fused-ring (bicyclic) bond motifs is 1. The van der Waals surface area contributed by atoms with E-state index in [2.05, 4.69) is 21.2 Å². The Morgan fingerprint density at radius 3 is 2.73 bits per heavy atom. The lowest BCUT2D eigenvalue weighted by molar-refractivity contribution is -0.143. The molecule has 22 heavy (non-hydrogen) atoms. The average molecular weight is 367 g/mol. The maximum atomic E-state index is 12.2. The van der Waals surface area contributed by atoms with E-state index in [1.807, 2.05) is 48.9 Å². The SMILES string of the molecule is CC[C@H](C)[C@@H](NC(=O)Cn1ccc2c(Br)cccc21)C(=O)O. The van der Waals surface area contributed by atoms with E-state index in [9.17, 15) is 14.7 Å². The van der Waals surface area contributed by atoms with Gasteiger partial charge in [-0.25, -0.2) is 4.79 Å². The molecule has 2 rings (SSSR count). The van der Waals surface area contributed by atoms with E-state index >= 15 is 0 Å². The Morgan fingerprint density at radius 1 is 1.36 bits per heavy atom. The van der Waals surface area contributed by atoms with E-state index in [0.29, 0.717) is 6.42 Å². The number of rotatable bonds is 6. The minimum absolute atomic E-state index is 0.0974. The van der Waals surface area contributed by atoms with Gasteiger partial charge in [-0.1, -0.05) is 42.3 Å².